The molecule has 0 spiro atoms. The van der Waals surface area contributed by atoms with Gasteiger partial charge >= 0.3 is 0 Å². The number of rotatable bonds is 4. The van der Waals surface area contributed by atoms with Gasteiger partial charge in [-0.15, -0.1) is 0 Å². The molecule has 1 saturated carbocycles. The Labute approximate surface area is 127 Å². The molecule has 0 atom stereocenters. The molecule has 1 heterocycles. The number of hydrogen-bond acceptors (Lipinski definition) is 2. The predicted molar refractivity (Wildman–Crippen MR) is 89.5 cm³/mol. The summed E-state index contributed by atoms with van der Waals surface area (Å²) < 4.78 is 0. The second kappa shape index (κ2) is 5.51. The van der Waals surface area contributed by atoms with Crippen molar-refractivity contribution in [2.24, 2.45) is 0 Å². The van der Waals surface area contributed by atoms with Gasteiger partial charge in [-0.1, -0.05) is 19.1 Å². The maximum Gasteiger partial charge on any atom is 0.133 e. The smallest absolute Gasteiger partial charge is 0.133 e. The van der Waals surface area contributed by atoms with E-state index in [1.165, 1.54) is 46.3 Å². The van der Waals surface area contributed by atoms with E-state index in [1.54, 1.807) is 0 Å². The van der Waals surface area contributed by atoms with Crippen LogP contribution in [0.25, 0.3) is 0 Å². The molecule has 1 aromatic heterocycles. The molecule has 3 rings (SSSR count). The van der Waals surface area contributed by atoms with Crippen LogP contribution in [0.2, 0.25) is 0 Å². The van der Waals surface area contributed by atoms with Gasteiger partial charge in [-0.2, -0.15) is 0 Å². The van der Waals surface area contributed by atoms with Crippen LogP contribution in [0.1, 0.15) is 53.5 Å². The van der Waals surface area contributed by atoms with Gasteiger partial charge in [-0.05, 0) is 79.8 Å². The van der Waals surface area contributed by atoms with Gasteiger partial charge in [0.2, 0.25) is 0 Å². The van der Waals surface area contributed by atoms with Crippen LogP contribution in [-0.2, 0) is 6.42 Å². The van der Waals surface area contributed by atoms with E-state index in [2.05, 4.69) is 56.2 Å². The van der Waals surface area contributed by atoms with Gasteiger partial charge in [0.15, 0.2) is 0 Å². The first-order chi connectivity index (χ1) is 10.1. The summed E-state index contributed by atoms with van der Waals surface area (Å²) in [6.07, 6.45) is 5.58. The van der Waals surface area contributed by atoms with E-state index in [1.807, 2.05) is 6.20 Å². The molecule has 1 aromatic carbocycles. The summed E-state index contributed by atoms with van der Waals surface area (Å²) in [7, 11) is 0. The third kappa shape index (κ3) is 2.94. The van der Waals surface area contributed by atoms with Crippen LogP contribution in [0, 0.1) is 20.8 Å². The van der Waals surface area contributed by atoms with E-state index in [0.717, 1.165) is 18.2 Å². The standard InChI is InChI=1S/C19H24N2/c1-5-15-8-12(2)11-20-19(15)21-18-10-14(4)13(3)9-17(18)16-6-7-16/h8-11,16H,5-7H2,1-4H3,(H,20,21). The summed E-state index contributed by atoms with van der Waals surface area (Å²) in [6, 6.07) is 6.87. The van der Waals surface area contributed by atoms with Crippen LogP contribution >= 0.6 is 0 Å². The molecule has 1 aliphatic carbocycles. The third-order valence-electron chi connectivity index (χ3n) is 4.42. The fourth-order valence-electron chi connectivity index (χ4n) is 2.82. The van der Waals surface area contributed by atoms with Crippen LogP contribution in [0.3, 0.4) is 0 Å². The maximum absolute atomic E-state index is 4.61. The Hall–Kier alpha value is -1.83. The molecule has 0 amide bonds. The SMILES string of the molecule is CCc1cc(C)cnc1Nc1cc(C)c(C)cc1C1CC1. The van der Waals surface area contributed by atoms with Crippen molar-refractivity contribution in [1.82, 2.24) is 4.98 Å². The Morgan fingerprint density at radius 1 is 1.10 bits per heavy atom. The van der Waals surface area contributed by atoms with E-state index < -0.39 is 0 Å². The lowest BCUT2D eigenvalue weighted by molar-refractivity contribution is 1.08. The first kappa shape index (κ1) is 14.1. The molecule has 1 N–H and O–H groups in total. The van der Waals surface area contributed by atoms with Crippen molar-refractivity contribution >= 4 is 11.5 Å². The van der Waals surface area contributed by atoms with E-state index in [9.17, 15) is 0 Å². The Kier molecular flexibility index (Phi) is 3.71. The van der Waals surface area contributed by atoms with Crippen molar-refractivity contribution in [3.63, 3.8) is 0 Å². The molecule has 0 saturated heterocycles. The minimum Gasteiger partial charge on any atom is -0.340 e. The molecule has 0 aliphatic heterocycles. The fraction of sp³-hybridized carbons (Fsp3) is 0.421. The molecular weight excluding hydrogens is 256 g/mol. The number of anilines is 2. The second-order valence-corrected chi connectivity index (χ2v) is 6.30. The first-order valence-corrected chi connectivity index (χ1v) is 7.92. The molecular formula is C19H24N2. The predicted octanol–water partition coefficient (Wildman–Crippen LogP) is 5.19. The summed E-state index contributed by atoms with van der Waals surface area (Å²) in [5.74, 6) is 1.75. The molecule has 110 valence electrons. The Bertz CT molecular complexity index is 670. The maximum atomic E-state index is 4.61. The molecule has 2 aromatic rings. The fourth-order valence-corrected chi connectivity index (χ4v) is 2.82. The topological polar surface area (TPSA) is 24.9 Å². The zero-order chi connectivity index (χ0) is 15.0. The molecule has 2 nitrogen and oxygen atoms in total. The lowest BCUT2D eigenvalue weighted by Gasteiger charge is -2.16. The average Bonchev–Trinajstić information content (AvgIpc) is 3.29. The second-order valence-electron chi connectivity index (χ2n) is 6.30. The molecule has 2 heteroatoms. The largest absolute Gasteiger partial charge is 0.340 e. The van der Waals surface area contributed by atoms with Gasteiger partial charge < -0.3 is 5.32 Å². The summed E-state index contributed by atoms with van der Waals surface area (Å²) in [4.78, 5) is 4.61. The van der Waals surface area contributed by atoms with Crippen molar-refractivity contribution in [3.05, 3.63) is 52.2 Å². The number of benzene rings is 1. The summed E-state index contributed by atoms with van der Waals surface area (Å²) in [5, 5.41) is 3.60. The van der Waals surface area contributed by atoms with E-state index in [4.69, 9.17) is 0 Å². The number of aromatic nitrogens is 1. The molecule has 0 radical (unpaired) electrons. The van der Waals surface area contributed by atoms with Crippen molar-refractivity contribution in [1.29, 1.82) is 0 Å². The van der Waals surface area contributed by atoms with Gasteiger partial charge in [-0.25, -0.2) is 4.98 Å². The minimum absolute atomic E-state index is 0.738. The highest BCUT2D eigenvalue weighted by atomic mass is 15.0. The summed E-state index contributed by atoms with van der Waals surface area (Å²) in [5.41, 5.74) is 7.94. The highest BCUT2D eigenvalue weighted by Crippen LogP contribution is 2.45. The Morgan fingerprint density at radius 3 is 2.48 bits per heavy atom. The zero-order valence-electron chi connectivity index (χ0n) is 13.5. The van der Waals surface area contributed by atoms with E-state index in [-0.39, 0.29) is 0 Å². The summed E-state index contributed by atoms with van der Waals surface area (Å²) >= 11 is 0. The Morgan fingerprint density at radius 2 is 1.81 bits per heavy atom. The van der Waals surface area contributed by atoms with E-state index >= 15 is 0 Å². The normalized spacial score (nSPS) is 14.3. The van der Waals surface area contributed by atoms with Gasteiger partial charge in [0.25, 0.3) is 0 Å². The Balaban J connectivity index is 1.99. The highest BCUT2D eigenvalue weighted by molar-refractivity contribution is 5.66. The molecule has 21 heavy (non-hydrogen) atoms. The number of pyridine rings is 1. The number of aryl methyl sites for hydroxylation is 4. The van der Waals surface area contributed by atoms with Crippen molar-refractivity contribution in [2.45, 2.75) is 52.9 Å². The molecule has 0 bridgehead atoms. The number of nitrogens with one attached hydrogen (secondary N) is 1. The van der Waals surface area contributed by atoms with Crippen molar-refractivity contribution in [2.75, 3.05) is 5.32 Å². The minimum atomic E-state index is 0.738. The number of nitrogens with zero attached hydrogens (tertiary/aromatic N) is 1. The van der Waals surface area contributed by atoms with Crippen LogP contribution in [0.5, 0.6) is 0 Å². The van der Waals surface area contributed by atoms with Crippen LogP contribution in [-0.4, -0.2) is 4.98 Å². The van der Waals surface area contributed by atoms with Crippen LogP contribution < -0.4 is 5.32 Å². The molecule has 0 unspecified atom stereocenters. The zero-order valence-corrected chi connectivity index (χ0v) is 13.5. The first-order valence-electron chi connectivity index (χ1n) is 7.92. The van der Waals surface area contributed by atoms with Crippen LogP contribution in [0.15, 0.2) is 24.4 Å². The lowest BCUT2D eigenvalue weighted by Crippen LogP contribution is -2.02. The lowest BCUT2D eigenvalue weighted by atomic mass is 10.0. The monoisotopic (exact) mass is 280 g/mol. The van der Waals surface area contributed by atoms with Gasteiger partial charge in [0.1, 0.15) is 5.82 Å². The molecule has 1 aliphatic rings. The van der Waals surface area contributed by atoms with Crippen molar-refractivity contribution < 1.29 is 0 Å². The van der Waals surface area contributed by atoms with Crippen molar-refractivity contribution in [3.8, 4) is 0 Å². The summed E-state index contributed by atoms with van der Waals surface area (Å²) in [6.45, 7) is 8.67. The molecule has 1 fully saturated rings. The van der Waals surface area contributed by atoms with Crippen LogP contribution in [0.4, 0.5) is 11.5 Å². The van der Waals surface area contributed by atoms with Gasteiger partial charge in [-0.3, -0.25) is 0 Å². The quantitative estimate of drug-likeness (QED) is 0.833. The average molecular weight is 280 g/mol. The van der Waals surface area contributed by atoms with Gasteiger partial charge in [0.05, 0.1) is 0 Å². The van der Waals surface area contributed by atoms with E-state index in [0.29, 0.717) is 0 Å². The highest BCUT2D eigenvalue weighted by Gasteiger charge is 2.26. The third-order valence-corrected chi connectivity index (χ3v) is 4.42. The van der Waals surface area contributed by atoms with Gasteiger partial charge in [0, 0.05) is 11.9 Å². The number of hydrogen-bond donors (Lipinski definition) is 1.